The lowest BCUT2D eigenvalue weighted by Crippen LogP contribution is -2.48. The van der Waals surface area contributed by atoms with Crippen molar-refractivity contribution in [3.8, 4) is 5.88 Å². The maximum absolute atomic E-state index is 5.61. The monoisotopic (exact) mass is 395 g/mol. The fourth-order valence-electron chi connectivity index (χ4n) is 3.57. The van der Waals surface area contributed by atoms with Crippen molar-refractivity contribution in [3.63, 3.8) is 0 Å². The van der Waals surface area contributed by atoms with Crippen LogP contribution in [0.25, 0.3) is 0 Å². The standard InChI is InChI=1S/C23H33N5O/c1-3-24-23(26-17-20-11-8-14-25-22(20)29-4-2)27-21-12-15-28(16-13-21)18-19-9-6-5-7-10-19/h5-11,14,21H,3-4,12-13,15-18H2,1-2H3,(H2,24,26,27). The molecule has 156 valence electrons. The van der Waals surface area contributed by atoms with Crippen molar-refractivity contribution < 1.29 is 4.74 Å². The minimum atomic E-state index is 0.445. The van der Waals surface area contributed by atoms with Gasteiger partial charge in [0.1, 0.15) is 0 Å². The SMILES string of the molecule is CCNC(=NCc1cccnc1OCC)NC1CCN(Cc2ccccc2)CC1. The first-order valence-electron chi connectivity index (χ1n) is 10.7. The molecular formula is C23H33N5O. The van der Waals surface area contributed by atoms with Crippen molar-refractivity contribution in [1.82, 2.24) is 20.5 Å². The van der Waals surface area contributed by atoms with Gasteiger partial charge in [0.2, 0.25) is 5.88 Å². The second kappa shape index (κ2) is 11.4. The summed E-state index contributed by atoms with van der Waals surface area (Å²) in [6.45, 7) is 9.28. The van der Waals surface area contributed by atoms with Gasteiger partial charge in [0.25, 0.3) is 0 Å². The Kier molecular flexibility index (Phi) is 8.31. The predicted molar refractivity (Wildman–Crippen MR) is 118 cm³/mol. The molecule has 1 aliphatic heterocycles. The highest BCUT2D eigenvalue weighted by atomic mass is 16.5. The molecule has 6 heteroatoms. The highest BCUT2D eigenvalue weighted by Gasteiger charge is 2.20. The van der Waals surface area contributed by atoms with Gasteiger partial charge in [-0.25, -0.2) is 9.98 Å². The molecule has 2 aromatic rings. The van der Waals surface area contributed by atoms with E-state index in [-0.39, 0.29) is 0 Å². The van der Waals surface area contributed by atoms with Crippen molar-refractivity contribution in [2.45, 2.75) is 45.8 Å². The lowest BCUT2D eigenvalue weighted by atomic mass is 10.0. The summed E-state index contributed by atoms with van der Waals surface area (Å²) in [5, 5.41) is 6.98. The first-order valence-corrected chi connectivity index (χ1v) is 10.7. The minimum absolute atomic E-state index is 0.445. The van der Waals surface area contributed by atoms with E-state index in [9.17, 15) is 0 Å². The third kappa shape index (κ3) is 6.75. The van der Waals surface area contributed by atoms with Crippen LogP contribution in [0.1, 0.15) is 37.8 Å². The molecule has 1 aliphatic rings. The van der Waals surface area contributed by atoms with Crippen molar-refractivity contribution in [3.05, 3.63) is 59.8 Å². The van der Waals surface area contributed by atoms with Crippen molar-refractivity contribution in [2.75, 3.05) is 26.2 Å². The van der Waals surface area contributed by atoms with Crippen LogP contribution in [-0.4, -0.2) is 48.1 Å². The number of likely N-dealkylation sites (tertiary alicyclic amines) is 1. The number of piperidine rings is 1. The van der Waals surface area contributed by atoms with E-state index >= 15 is 0 Å². The van der Waals surface area contributed by atoms with Gasteiger partial charge >= 0.3 is 0 Å². The molecule has 1 aromatic carbocycles. The summed E-state index contributed by atoms with van der Waals surface area (Å²) in [5.74, 6) is 1.53. The zero-order chi connectivity index (χ0) is 20.3. The van der Waals surface area contributed by atoms with Gasteiger partial charge in [-0.2, -0.15) is 0 Å². The van der Waals surface area contributed by atoms with E-state index in [0.29, 0.717) is 25.1 Å². The predicted octanol–water partition coefficient (Wildman–Crippen LogP) is 3.20. The van der Waals surface area contributed by atoms with Crippen LogP contribution >= 0.6 is 0 Å². The number of hydrogen-bond acceptors (Lipinski definition) is 4. The Morgan fingerprint density at radius 3 is 2.66 bits per heavy atom. The zero-order valence-electron chi connectivity index (χ0n) is 17.6. The average molecular weight is 396 g/mol. The fourth-order valence-corrected chi connectivity index (χ4v) is 3.57. The van der Waals surface area contributed by atoms with Crippen LogP contribution in [0.3, 0.4) is 0 Å². The van der Waals surface area contributed by atoms with Crippen LogP contribution in [0.4, 0.5) is 0 Å². The normalized spacial score (nSPS) is 15.9. The third-order valence-corrected chi connectivity index (χ3v) is 5.06. The Morgan fingerprint density at radius 1 is 1.14 bits per heavy atom. The number of aromatic nitrogens is 1. The van der Waals surface area contributed by atoms with Gasteiger partial charge in [-0.05, 0) is 38.3 Å². The molecule has 0 radical (unpaired) electrons. The molecule has 1 fully saturated rings. The van der Waals surface area contributed by atoms with Gasteiger partial charge < -0.3 is 15.4 Å². The molecule has 3 rings (SSSR count). The molecule has 0 spiro atoms. The summed E-state index contributed by atoms with van der Waals surface area (Å²) in [6, 6.07) is 15.1. The van der Waals surface area contributed by atoms with Crippen LogP contribution in [0.5, 0.6) is 5.88 Å². The Bertz CT molecular complexity index is 757. The summed E-state index contributed by atoms with van der Waals surface area (Å²) in [4.78, 5) is 11.6. The molecule has 0 amide bonds. The Hall–Kier alpha value is -2.60. The van der Waals surface area contributed by atoms with Gasteiger partial charge in [0.05, 0.1) is 13.2 Å². The lowest BCUT2D eigenvalue weighted by molar-refractivity contribution is 0.198. The molecule has 0 aliphatic carbocycles. The topological polar surface area (TPSA) is 61.8 Å². The maximum Gasteiger partial charge on any atom is 0.218 e. The van der Waals surface area contributed by atoms with Crippen LogP contribution in [0.2, 0.25) is 0 Å². The zero-order valence-corrected chi connectivity index (χ0v) is 17.6. The summed E-state index contributed by atoms with van der Waals surface area (Å²) in [7, 11) is 0. The number of aliphatic imine (C=N–C) groups is 1. The third-order valence-electron chi connectivity index (χ3n) is 5.06. The lowest BCUT2D eigenvalue weighted by Gasteiger charge is -2.33. The van der Waals surface area contributed by atoms with E-state index in [4.69, 9.17) is 9.73 Å². The van der Waals surface area contributed by atoms with E-state index in [0.717, 1.165) is 50.5 Å². The number of nitrogens with one attached hydrogen (secondary N) is 2. The highest BCUT2D eigenvalue weighted by Crippen LogP contribution is 2.16. The van der Waals surface area contributed by atoms with Crippen LogP contribution in [0, 0.1) is 0 Å². The van der Waals surface area contributed by atoms with Gasteiger partial charge in [-0.15, -0.1) is 0 Å². The number of ether oxygens (including phenoxy) is 1. The van der Waals surface area contributed by atoms with Gasteiger partial charge in [-0.3, -0.25) is 4.90 Å². The number of nitrogens with zero attached hydrogens (tertiary/aromatic N) is 3. The molecule has 2 N–H and O–H groups in total. The number of rotatable bonds is 8. The number of benzene rings is 1. The molecular weight excluding hydrogens is 362 g/mol. The molecule has 0 atom stereocenters. The van der Waals surface area contributed by atoms with Gasteiger partial charge in [0, 0.05) is 44.0 Å². The molecule has 1 saturated heterocycles. The highest BCUT2D eigenvalue weighted by molar-refractivity contribution is 5.80. The summed E-state index contributed by atoms with van der Waals surface area (Å²) < 4.78 is 5.61. The molecule has 29 heavy (non-hydrogen) atoms. The van der Waals surface area contributed by atoms with E-state index in [1.54, 1.807) is 6.20 Å². The van der Waals surface area contributed by atoms with E-state index in [1.165, 1.54) is 5.56 Å². The first-order chi connectivity index (χ1) is 14.3. The molecule has 1 aromatic heterocycles. The number of hydrogen-bond donors (Lipinski definition) is 2. The Morgan fingerprint density at radius 2 is 1.93 bits per heavy atom. The quantitative estimate of drug-likeness (QED) is 0.531. The fraction of sp³-hybridized carbons (Fsp3) is 0.478. The van der Waals surface area contributed by atoms with Crippen LogP contribution < -0.4 is 15.4 Å². The largest absolute Gasteiger partial charge is 0.478 e. The molecule has 6 nitrogen and oxygen atoms in total. The van der Waals surface area contributed by atoms with Crippen molar-refractivity contribution in [2.24, 2.45) is 4.99 Å². The molecule has 0 bridgehead atoms. The minimum Gasteiger partial charge on any atom is -0.478 e. The van der Waals surface area contributed by atoms with Crippen LogP contribution in [0.15, 0.2) is 53.7 Å². The summed E-state index contributed by atoms with van der Waals surface area (Å²) >= 11 is 0. The summed E-state index contributed by atoms with van der Waals surface area (Å²) in [5.41, 5.74) is 2.39. The van der Waals surface area contributed by atoms with Gasteiger partial charge in [0.15, 0.2) is 5.96 Å². The van der Waals surface area contributed by atoms with Crippen molar-refractivity contribution >= 4 is 5.96 Å². The van der Waals surface area contributed by atoms with Crippen molar-refractivity contribution in [1.29, 1.82) is 0 Å². The molecule has 2 heterocycles. The van der Waals surface area contributed by atoms with E-state index in [1.807, 2.05) is 19.1 Å². The van der Waals surface area contributed by atoms with E-state index in [2.05, 4.69) is 57.8 Å². The number of guanidine groups is 1. The molecule has 0 unspecified atom stereocenters. The van der Waals surface area contributed by atoms with Gasteiger partial charge in [-0.1, -0.05) is 36.4 Å². The Labute approximate surface area is 174 Å². The molecule has 0 saturated carbocycles. The maximum atomic E-state index is 5.61. The Balaban J connectivity index is 1.52. The first kappa shape index (κ1) is 21.1. The second-order valence-electron chi connectivity index (χ2n) is 7.28. The van der Waals surface area contributed by atoms with E-state index < -0.39 is 0 Å². The van der Waals surface area contributed by atoms with Crippen LogP contribution in [-0.2, 0) is 13.1 Å². The average Bonchev–Trinajstić information content (AvgIpc) is 2.75. The smallest absolute Gasteiger partial charge is 0.218 e. The number of pyridine rings is 1. The second-order valence-corrected chi connectivity index (χ2v) is 7.28. The summed E-state index contributed by atoms with van der Waals surface area (Å²) in [6.07, 6.45) is 3.99.